The van der Waals surface area contributed by atoms with Crippen LogP contribution in [0.3, 0.4) is 0 Å². The Morgan fingerprint density at radius 2 is 1.77 bits per heavy atom. The summed E-state index contributed by atoms with van der Waals surface area (Å²) in [7, 11) is 0. The molecule has 4 rings (SSSR count). The first-order valence-electron chi connectivity index (χ1n) is 9.80. The lowest BCUT2D eigenvalue weighted by Gasteiger charge is -2.52. The fraction of sp³-hybridized carbons (Fsp3) is 0.200. The highest BCUT2D eigenvalue weighted by Gasteiger charge is 2.52. The number of benzene rings is 3. The minimum atomic E-state index is -0.747. The number of likely N-dealkylation sites (tertiary alicyclic amines) is 1. The summed E-state index contributed by atoms with van der Waals surface area (Å²) in [5, 5.41) is 20.0. The van der Waals surface area contributed by atoms with Crippen LogP contribution in [-0.2, 0) is 0 Å². The van der Waals surface area contributed by atoms with Crippen LogP contribution in [0.2, 0.25) is 0 Å². The zero-order chi connectivity index (χ0) is 21.3. The number of aliphatic hydroxyl groups excluding tert-OH is 1. The van der Waals surface area contributed by atoms with Crippen molar-refractivity contribution in [1.29, 1.82) is 5.26 Å². The molecule has 0 radical (unpaired) electrons. The molecule has 0 aromatic heterocycles. The van der Waals surface area contributed by atoms with Gasteiger partial charge in [0.05, 0.1) is 18.7 Å². The molecule has 1 saturated heterocycles. The van der Waals surface area contributed by atoms with E-state index in [1.54, 1.807) is 0 Å². The molecule has 0 unspecified atom stereocenters. The van der Waals surface area contributed by atoms with Crippen molar-refractivity contribution < 1.29 is 14.3 Å². The Balaban J connectivity index is 1.74. The number of carbonyl (C=O) groups excluding carboxylic acids is 1. The van der Waals surface area contributed by atoms with Gasteiger partial charge in [0.15, 0.2) is 0 Å². The predicted molar refractivity (Wildman–Crippen MR) is 112 cm³/mol. The summed E-state index contributed by atoms with van der Waals surface area (Å²) in [5.41, 5.74) is 4.22. The fourth-order valence-corrected chi connectivity index (χ4v) is 4.34. The number of halogens is 1. The highest BCUT2D eigenvalue weighted by Crippen LogP contribution is 2.45. The number of carbonyl (C=O) groups is 1. The number of nitriles is 1. The quantitative estimate of drug-likeness (QED) is 0.710. The molecule has 30 heavy (non-hydrogen) atoms. The molecule has 3 aromatic carbocycles. The van der Waals surface area contributed by atoms with Gasteiger partial charge in [-0.1, -0.05) is 54.6 Å². The summed E-state index contributed by atoms with van der Waals surface area (Å²) in [6, 6.07) is 22.1. The van der Waals surface area contributed by atoms with Gasteiger partial charge >= 0.3 is 0 Å². The second-order valence-corrected chi connectivity index (χ2v) is 7.47. The molecule has 4 nitrogen and oxygen atoms in total. The van der Waals surface area contributed by atoms with Gasteiger partial charge in [-0.15, -0.1) is 0 Å². The normalized spacial score (nSPS) is 20.3. The molecule has 0 aliphatic carbocycles. The predicted octanol–water partition coefficient (Wildman–Crippen LogP) is 4.29. The molecule has 1 fully saturated rings. The van der Waals surface area contributed by atoms with Crippen molar-refractivity contribution in [2.75, 3.05) is 6.61 Å². The van der Waals surface area contributed by atoms with Crippen molar-refractivity contribution in [3.05, 3.63) is 95.3 Å². The smallest absolute Gasteiger partial charge is 0.255 e. The first kappa shape index (κ1) is 19.8. The molecule has 150 valence electrons. The Morgan fingerprint density at radius 3 is 2.43 bits per heavy atom. The highest BCUT2D eigenvalue weighted by atomic mass is 19.1. The Hall–Kier alpha value is -3.49. The number of rotatable bonds is 4. The van der Waals surface area contributed by atoms with Crippen molar-refractivity contribution in [2.45, 2.75) is 24.9 Å². The third-order valence-corrected chi connectivity index (χ3v) is 5.79. The third kappa shape index (κ3) is 3.26. The van der Waals surface area contributed by atoms with Crippen LogP contribution in [-0.4, -0.2) is 34.6 Å². The molecule has 0 bridgehead atoms. The van der Waals surface area contributed by atoms with Crippen molar-refractivity contribution in [3.63, 3.8) is 0 Å². The lowest BCUT2D eigenvalue weighted by atomic mass is 9.73. The van der Waals surface area contributed by atoms with E-state index < -0.39 is 23.8 Å². The van der Waals surface area contributed by atoms with Gasteiger partial charge in [0.1, 0.15) is 11.9 Å². The summed E-state index contributed by atoms with van der Waals surface area (Å²) in [6.45, 7) is 1.74. The Morgan fingerprint density at radius 1 is 1.07 bits per heavy atom. The van der Waals surface area contributed by atoms with Crippen LogP contribution in [0.15, 0.2) is 72.8 Å². The first-order chi connectivity index (χ1) is 14.6. The molecule has 1 heterocycles. The van der Waals surface area contributed by atoms with Crippen LogP contribution in [0.4, 0.5) is 4.39 Å². The van der Waals surface area contributed by atoms with Crippen molar-refractivity contribution >= 4 is 5.91 Å². The number of hydrogen-bond acceptors (Lipinski definition) is 3. The maximum atomic E-state index is 13.6. The zero-order valence-electron chi connectivity index (χ0n) is 16.5. The minimum Gasteiger partial charge on any atom is -0.394 e. The standard InChI is InChI=1S/C25H21FN2O2/c1-16-7-2-3-10-19(16)20-11-4-5-12-21(20)24-22(14-27)28(23(24)15-29)25(30)17-8-6-9-18(26)13-17/h2-13,22-24,29H,15H2,1H3/t22-,23-,24+/m0/s1. The number of amides is 1. The SMILES string of the molecule is Cc1ccccc1-c1ccccc1[C@@H]1[C@H](C#N)N(C(=O)c2cccc(F)c2)[C@H]1CO. The van der Waals surface area contributed by atoms with Gasteiger partial charge in [-0.05, 0) is 47.4 Å². The molecular weight excluding hydrogens is 379 g/mol. The van der Waals surface area contributed by atoms with Gasteiger partial charge in [-0.25, -0.2) is 4.39 Å². The number of aliphatic hydroxyl groups is 1. The first-order valence-corrected chi connectivity index (χ1v) is 9.80. The average Bonchev–Trinajstić information content (AvgIpc) is 2.74. The molecule has 0 spiro atoms. The van der Waals surface area contributed by atoms with E-state index in [2.05, 4.69) is 6.07 Å². The summed E-state index contributed by atoms with van der Waals surface area (Å²) in [6.07, 6.45) is 0. The average molecular weight is 400 g/mol. The summed E-state index contributed by atoms with van der Waals surface area (Å²) >= 11 is 0. The maximum Gasteiger partial charge on any atom is 0.255 e. The topological polar surface area (TPSA) is 64.3 Å². The molecular formula is C25H21FN2O2. The van der Waals surface area contributed by atoms with Crippen LogP contribution in [0.25, 0.3) is 11.1 Å². The van der Waals surface area contributed by atoms with E-state index in [1.165, 1.54) is 23.1 Å². The molecule has 3 aromatic rings. The Bertz CT molecular complexity index is 1140. The molecule has 5 heteroatoms. The Kier molecular flexibility index (Phi) is 5.35. The number of hydrogen-bond donors (Lipinski definition) is 1. The van der Waals surface area contributed by atoms with Gasteiger partial charge in [-0.2, -0.15) is 5.26 Å². The molecule has 1 amide bonds. The van der Waals surface area contributed by atoms with Crippen molar-refractivity contribution in [1.82, 2.24) is 4.90 Å². The zero-order valence-corrected chi connectivity index (χ0v) is 16.5. The van der Waals surface area contributed by atoms with Gasteiger partial charge < -0.3 is 10.0 Å². The van der Waals surface area contributed by atoms with E-state index >= 15 is 0 Å². The molecule has 3 atom stereocenters. The van der Waals surface area contributed by atoms with Gasteiger partial charge in [0.2, 0.25) is 0 Å². The Labute approximate surface area is 174 Å². The molecule has 0 saturated carbocycles. The monoisotopic (exact) mass is 400 g/mol. The molecule has 1 N–H and O–H groups in total. The van der Waals surface area contributed by atoms with Gasteiger partial charge in [0, 0.05) is 11.5 Å². The van der Waals surface area contributed by atoms with Crippen LogP contribution in [0.5, 0.6) is 0 Å². The minimum absolute atomic E-state index is 0.166. The lowest BCUT2D eigenvalue weighted by Crippen LogP contribution is -2.65. The van der Waals surface area contributed by atoms with Crippen LogP contribution < -0.4 is 0 Å². The van der Waals surface area contributed by atoms with E-state index in [4.69, 9.17) is 0 Å². The van der Waals surface area contributed by atoms with Crippen LogP contribution in [0, 0.1) is 24.1 Å². The van der Waals surface area contributed by atoms with Crippen LogP contribution in [0.1, 0.15) is 27.4 Å². The van der Waals surface area contributed by atoms with Crippen LogP contribution >= 0.6 is 0 Å². The summed E-state index contributed by atoms with van der Waals surface area (Å²) < 4.78 is 13.6. The van der Waals surface area contributed by atoms with E-state index in [0.29, 0.717) is 0 Å². The lowest BCUT2D eigenvalue weighted by molar-refractivity contribution is -0.00574. The van der Waals surface area contributed by atoms with E-state index in [0.717, 1.165) is 28.3 Å². The van der Waals surface area contributed by atoms with E-state index in [-0.39, 0.29) is 18.1 Å². The highest BCUT2D eigenvalue weighted by molar-refractivity contribution is 5.96. The van der Waals surface area contributed by atoms with Crippen molar-refractivity contribution in [2.24, 2.45) is 0 Å². The van der Waals surface area contributed by atoms with Gasteiger partial charge in [0.25, 0.3) is 5.91 Å². The summed E-state index contributed by atoms with van der Waals surface area (Å²) in [4.78, 5) is 14.4. The number of aryl methyl sites for hydroxylation is 1. The third-order valence-electron chi connectivity index (χ3n) is 5.79. The van der Waals surface area contributed by atoms with Crippen molar-refractivity contribution in [3.8, 4) is 17.2 Å². The maximum absolute atomic E-state index is 13.6. The van der Waals surface area contributed by atoms with Gasteiger partial charge in [-0.3, -0.25) is 4.79 Å². The van der Waals surface area contributed by atoms with E-state index in [1.807, 2.05) is 55.5 Å². The second-order valence-electron chi connectivity index (χ2n) is 7.47. The fourth-order valence-electron chi connectivity index (χ4n) is 4.34. The number of nitrogens with zero attached hydrogens (tertiary/aromatic N) is 2. The molecule has 1 aliphatic rings. The van der Waals surface area contributed by atoms with E-state index in [9.17, 15) is 19.6 Å². The largest absolute Gasteiger partial charge is 0.394 e. The molecule has 1 aliphatic heterocycles. The second kappa shape index (κ2) is 8.10. The summed E-state index contributed by atoms with van der Waals surface area (Å²) in [5.74, 6) is -1.31.